The number of ether oxygens (including phenoxy) is 1. The van der Waals surface area contributed by atoms with Crippen LogP contribution in [-0.4, -0.2) is 20.6 Å². The Labute approximate surface area is 136 Å². The van der Waals surface area contributed by atoms with Gasteiger partial charge in [0.2, 0.25) is 0 Å². The van der Waals surface area contributed by atoms with E-state index in [1.54, 1.807) is 10.7 Å². The van der Waals surface area contributed by atoms with Gasteiger partial charge in [0, 0.05) is 30.1 Å². The van der Waals surface area contributed by atoms with Gasteiger partial charge in [-0.05, 0) is 31.2 Å². The highest BCUT2D eigenvalue weighted by Gasteiger charge is 2.15. The molecule has 2 heterocycles. The Hall–Kier alpha value is -3.42. The van der Waals surface area contributed by atoms with E-state index in [1.165, 1.54) is 24.3 Å². The first-order chi connectivity index (χ1) is 11.5. The summed E-state index contributed by atoms with van der Waals surface area (Å²) in [5.41, 5.74) is 1.72. The van der Waals surface area contributed by atoms with E-state index in [0.29, 0.717) is 0 Å². The van der Waals surface area contributed by atoms with Gasteiger partial charge in [-0.3, -0.25) is 10.1 Å². The van der Waals surface area contributed by atoms with Gasteiger partial charge in [-0.2, -0.15) is 5.10 Å². The summed E-state index contributed by atoms with van der Waals surface area (Å²) in [6.45, 7) is 1.83. The minimum atomic E-state index is -0.641. The molecule has 2 aromatic heterocycles. The smallest absolute Gasteiger partial charge is 0.410 e. The third kappa shape index (κ3) is 3.17. The van der Waals surface area contributed by atoms with Crippen LogP contribution in [0, 0.1) is 10.1 Å². The second-order valence-corrected chi connectivity index (χ2v) is 5.13. The first kappa shape index (κ1) is 15.5. The molecule has 3 aromatic rings. The second-order valence-electron chi connectivity index (χ2n) is 5.13. The maximum atomic E-state index is 12.0. The number of benzene rings is 1. The molecule has 0 bridgehead atoms. The molecule has 0 spiro atoms. The quantitative estimate of drug-likeness (QED) is 0.587. The summed E-state index contributed by atoms with van der Waals surface area (Å²) in [5, 5.41) is 17.5. The minimum Gasteiger partial charge on any atom is -0.410 e. The van der Waals surface area contributed by atoms with Crippen molar-refractivity contribution in [2.24, 2.45) is 0 Å². The van der Waals surface area contributed by atoms with Crippen molar-refractivity contribution in [3.63, 3.8) is 0 Å². The molecular formula is C16H14N4O4. The van der Waals surface area contributed by atoms with Crippen molar-refractivity contribution < 1.29 is 14.5 Å². The first-order valence-corrected chi connectivity index (χ1v) is 7.19. The fourth-order valence-corrected chi connectivity index (χ4v) is 2.37. The molecule has 1 aromatic carbocycles. The molecule has 8 heteroatoms. The molecule has 0 saturated heterocycles. The van der Waals surface area contributed by atoms with Crippen LogP contribution in [0.5, 0.6) is 5.75 Å². The van der Waals surface area contributed by atoms with Crippen LogP contribution in [0.4, 0.5) is 10.5 Å². The van der Waals surface area contributed by atoms with Gasteiger partial charge in [0.25, 0.3) is 5.69 Å². The van der Waals surface area contributed by atoms with E-state index in [0.717, 1.165) is 11.1 Å². The number of fused-ring (bicyclic) bond motifs is 1. The average Bonchev–Trinajstić information content (AvgIpc) is 3.03. The van der Waals surface area contributed by atoms with E-state index in [1.807, 2.05) is 31.3 Å². The summed E-state index contributed by atoms with van der Waals surface area (Å²) < 4.78 is 6.86. The lowest BCUT2D eigenvalue weighted by molar-refractivity contribution is -0.384. The molecule has 0 aliphatic carbocycles. The average molecular weight is 326 g/mol. The van der Waals surface area contributed by atoms with Crippen LogP contribution in [-0.2, 0) is 0 Å². The zero-order valence-corrected chi connectivity index (χ0v) is 12.7. The number of nitrogens with zero attached hydrogens (tertiary/aromatic N) is 3. The number of amides is 1. The van der Waals surface area contributed by atoms with E-state index in [2.05, 4.69) is 10.4 Å². The SMILES string of the molecule is CC(NC(=O)Oc1ccc([N+](=O)[O-])cc1)c1cccn2nccc12. The molecule has 1 unspecified atom stereocenters. The van der Waals surface area contributed by atoms with Crippen molar-refractivity contribution in [2.75, 3.05) is 0 Å². The van der Waals surface area contributed by atoms with Crippen molar-refractivity contribution in [1.82, 2.24) is 14.9 Å². The predicted octanol–water partition coefficient (Wildman–Crippen LogP) is 3.09. The topological polar surface area (TPSA) is 98.8 Å². The van der Waals surface area contributed by atoms with Crippen molar-refractivity contribution >= 4 is 17.3 Å². The monoisotopic (exact) mass is 326 g/mol. The van der Waals surface area contributed by atoms with Gasteiger partial charge in [0.05, 0.1) is 16.5 Å². The van der Waals surface area contributed by atoms with Crippen LogP contribution in [0.2, 0.25) is 0 Å². The number of pyridine rings is 1. The Morgan fingerprint density at radius 1 is 1.29 bits per heavy atom. The predicted molar refractivity (Wildman–Crippen MR) is 85.9 cm³/mol. The van der Waals surface area contributed by atoms with Crippen molar-refractivity contribution in [2.45, 2.75) is 13.0 Å². The number of non-ortho nitro benzene ring substituents is 1. The maximum absolute atomic E-state index is 12.0. The van der Waals surface area contributed by atoms with Gasteiger partial charge in [0.1, 0.15) is 5.75 Å². The van der Waals surface area contributed by atoms with Crippen LogP contribution in [0.15, 0.2) is 54.9 Å². The Morgan fingerprint density at radius 2 is 2.04 bits per heavy atom. The number of rotatable bonds is 4. The van der Waals surface area contributed by atoms with Gasteiger partial charge in [-0.1, -0.05) is 6.07 Å². The minimum absolute atomic E-state index is 0.0662. The van der Waals surface area contributed by atoms with Gasteiger partial charge >= 0.3 is 6.09 Å². The van der Waals surface area contributed by atoms with Gasteiger partial charge in [-0.15, -0.1) is 0 Å². The molecule has 0 radical (unpaired) electrons. The zero-order chi connectivity index (χ0) is 17.1. The van der Waals surface area contributed by atoms with E-state index < -0.39 is 11.0 Å². The van der Waals surface area contributed by atoms with Gasteiger partial charge in [0.15, 0.2) is 0 Å². The number of carbonyl (C=O) groups is 1. The van der Waals surface area contributed by atoms with Crippen LogP contribution in [0.1, 0.15) is 18.5 Å². The van der Waals surface area contributed by atoms with E-state index >= 15 is 0 Å². The molecule has 3 rings (SSSR count). The summed E-state index contributed by atoms with van der Waals surface area (Å²) in [6, 6.07) is 10.6. The molecule has 24 heavy (non-hydrogen) atoms. The second kappa shape index (κ2) is 6.37. The molecule has 1 atom stereocenters. The Kier molecular flexibility index (Phi) is 4.11. The number of nitrogens with one attached hydrogen (secondary N) is 1. The molecule has 0 aliphatic rings. The van der Waals surface area contributed by atoms with E-state index in [4.69, 9.17) is 4.74 Å². The third-order valence-electron chi connectivity index (χ3n) is 3.53. The van der Waals surface area contributed by atoms with Crippen LogP contribution in [0.25, 0.3) is 5.52 Å². The number of carbonyl (C=O) groups excluding carboxylic acids is 1. The summed E-state index contributed by atoms with van der Waals surface area (Å²) in [6.07, 6.45) is 2.86. The lowest BCUT2D eigenvalue weighted by Crippen LogP contribution is -2.29. The Bertz CT molecular complexity index is 888. The molecule has 0 saturated carbocycles. The molecule has 1 amide bonds. The van der Waals surface area contributed by atoms with E-state index in [-0.39, 0.29) is 17.5 Å². The maximum Gasteiger partial charge on any atom is 0.413 e. The van der Waals surface area contributed by atoms with Crippen LogP contribution >= 0.6 is 0 Å². The molecule has 122 valence electrons. The number of hydrogen-bond donors (Lipinski definition) is 1. The largest absolute Gasteiger partial charge is 0.413 e. The summed E-state index contributed by atoms with van der Waals surface area (Å²) in [7, 11) is 0. The molecule has 1 N–H and O–H groups in total. The third-order valence-corrected chi connectivity index (χ3v) is 3.53. The zero-order valence-electron chi connectivity index (χ0n) is 12.7. The van der Waals surface area contributed by atoms with Crippen molar-refractivity contribution in [3.05, 3.63) is 70.5 Å². The van der Waals surface area contributed by atoms with Crippen LogP contribution in [0.3, 0.4) is 0 Å². The standard InChI is InChI=1S/C16H14N4O4/c1-11(14-3-2-10-19-15(14)8-9-17-19)18-16(21)24-13-6-4-12(5-7-13)20(22)23/h2-11H,1H3,(H,18,21). The van der Waals surface area contributed by atoms with Crippen LogP contribution < -0.4 is 10.1 Å². The van der Waals surface area contributed by atoms with Crippen molar-refractivity contribution in [1.29, 1.82) is 0 Å². The highest BCUT2D eigenvalue weighted by molar-refractivity contribution is 5.71. The summed E-state index contributed by atoms with van der Waals surface area (Å²) in [4.78, 5) is 22.1. The molecule has 0 aliphatic heterocycles. The number of aromatic nitrogens is 2. The molecular weight excluding hydrogens is 312 g/mol. The summed E-state index contributed by atoms with van der Waals surface area (Å²) >= 11 is 0. The fourth-order valence-electron chi connectivity index (χ4n) is 2.37. The lowest BCUT2D eigenvalue weighted by Gasteiger charge is -2.15. The van der Waals surface area contributed by atoms with Crippen molar-refractivity contribution in [3.8, 4) is 5.75 Å². The lowest BCUT2D eigenvalue weighted by atomic mass is 10.1. The number of hydrogen-bond acceptors (Lipinski definition) is 5. The van der Waals surface area contributed by atoms with Gasteiger partial charge in [-0.25, -0.2) is 9.31 Å². The highest BCUT2D eigenvalue weighted by Crippen LogP contribution is 2.20. The van der Waals surface area contributed by atoms with Gasteiger partial charge < -0.3 is 10.1 Å². The first-order valence-electron chi connectivity index (χ1n) is 7.19. The van der Waals surface area contributed by atoms with E-state index in [9.17, 15) is 14.9 Å². The number of nitro groups is 1. The number of nitro benzene ring substituents is 1. The fraction of sp³-hybridized carbons (Fsp3) is 0.125. The highest BCUT2D eigenvalue weighted by atomic mass is 16.6. The molecule has 0 fully saturated rings. The Balaban J connectivity index is 1.68. The Morgan fingerprint density at radius 3 is 2.75 bits per heavy atom. The summed E-state index contributed by atoms with van der Waals surface area (Å²) in [5.74, 6) is 0.230. The molecule has 8 nitrogen and oxygen atoms in total. The normalized spacial score (nSPS) is 11.9.